The van der Waals surface area contributed by atoms with E-state index in [0.29, 0.717) is 12.5 Å². The molecule has 0 saturated heterocycles. The summed E-state index contributed by atoms with van der Waals surface area (Å²) in [5.41, 5.74) is 0.937. The minimum Gasteiger partial charge on any atom is -0.328 e. The molecular weight excluding hydrogens is 304 g/mol. The van der Waals surface area contributed by atoms with Crippen molar-refractivity contribution in [2.24, 2.45) is 5.92 Å². The van der Waals surface area contributed by atoms with E-state index >= 15 is 0 Å². The van der Waals surface area contributed by atoms with E-state index in [1.807, 2.05) is 17.7 Å². The molecule has 1 atom stereocenters. The number of aryl methyl sites for hydroxylation is 1. The zero-order valence-corrected chi connectivity index (χ0v) is 13.7. The standard InChI is InChI=1S/C14H18N4OS2/c1-9-16-11(8-21-9)7-18(2)14(19)17-12(10-3-4-10)13-15-5-6-20-13/h5-6,8,10,12H,3-4,7H2,1-2H3,(H,17,19)/t12-/m1/s1. The topological polar surface area (TPSA) is 58.1 Å². The van der Waals surface area contributed by atoms with Crippen molar-refractivity contribution in [3.8, 4) is 0 Å². The molecule has 2 heterocycles. The van der Waals surface area contributed by atoms with Gasteiger partial charge in [-0.15, -0.1) is 22.7 Å². The third-order valence-electron chi connectivity index (χ3n) is 3.50. The van der Waals surface area contributed by atoms with Gasteiger partial charge in [-0.2, -0.15) is 0 Å². The fourth-order valence-corrected chi connectivity index (χ4v) is 3.62. The average molecular weight is 322 g/mol. The SMILES string of the molecule is Cc1nc(CN(C)C(=O)N[C@@H](c2nccs2)C2CC2)cs1. The highest BCUT2D eigenvalue weighted by molar-refractivity contribution is 7.09. The highest BCUT2D eigenvalue weighted by Gasteiger charge is 2.35. The molecule has 0 aromatic carbocycles. The molecule has 1 fully saturated rings. The Morgan fingerprint density at radius 3 is 2.90 bits per heavy atom. The minimum atomic E-state index is -0.0623. The average Bonchev–Trinajstić information content (AvgIpc) is 2.98. The van der Waals surface area contributed by atoms with Gasteiger partial charge in [-0.25, -0.2) is 14.8 Å². The Labute approximate surface area is 132 Å². The summed E-state index contributed by atoms with van der Waals surface area (Å²) in [6.45, 7) is 2.51. The number of nitrogens with zero attached hydrogens (tertiary/aromatic N) is 3. The third kappa shape index (κ3) is 3.59. The van der Waals surface area contributed by atoms with E-state index in [0.717, 1.165) is 15.7 Å². The van der Waals surface area contributed by atoms with Gasteiger partial charge in [-0.3, -0.25) is 0 Å². The van der Waals surface area contributed by atoms with Gasteiger partial charge >= 0.3 is 6.03 Å². The number of rotatable bonds is 5. The first-order valence-corrected chi connectivity index (χ1v) is 8.71. The Morgan fingerprint density at radius 2 is 2.33 bits per heavy atom. The van der Waals surface area contributed by atoms with E-state index in [2.05, 4.69) is 15.3 Å². The summed E-state index contributed by atoms with van der Waals surface area (Å²) >= 11 is 3.21. The summed E-state index contributed by atoms with van der Waals surface area (Å²) in [5.74, 6) is 0.537. The lowest BCUT2D eigenvalue weighted by Crippen LogP contribution is -2.39. The molecule has 2 amide bonds. The number of carbonyl (C=O) groups is 1. The van der Waals surface area contributed by atoms with Crippen LogP contribution >= 0.6 is 22.7 Å². The third-order valence-corrected chi connectivity index (χ3v) is 5.18. The Bertz CT molecular complexity index is 606. The number of aromatic nitrogens is 2. The molecule has 0 spiro atoms. The predicted molar refractivity (Wildman–Crippen MR) is 84.4 cm³/mol. The van der Waals surface area contributed by atoms with Crippen LogP contribution in [0, 0.1) is 12.8 Å². The van der Waals surface area contributed by atoms with Gasteiger partial charge in [-0.05, 0) is 25.7 Å². The normalized spacial score (nSPS) is 15.7. The molecule has 7 heteroatoms. The highest BCUT2D eigenvalue weighted by atomic mass is 32.1. The Morgan fingerprint density at radius 1 is 1.52 bits per heavy atom. The molecule has 5 nitrogen and oxygen atoms in total. The van der Waals surface area contributed by atoms with Crippen molar-refractivity contribution in [1.29, 1.82) is 0 Å². The summed E-state index contributed by atoms with van der Waals surface area (Å²) in [5, 5.41) is 9.10. The quantitative estimate of drug-likeness (QED) is 0.919. The van der Waals surface area contributed by atoms with Crippen LogP contribution in [0.15, 0.2) is 17.0 Å². The number of nitrogens with one attached hydrogen (secondary N) is 1. The van der Waals surface area contributed by atoms with E-state index in [4.69, 9.17) is 0 Å². The van der Waals surface area contributed by atoms with Crippen molar-refractivity contribution in [2.45, 2.75) is 32.4 Å². The van der Waals surface area contributed by atoms with Gasteiger partial charge in [0.1, 0.15) is 5.01 Å². The van der Waals surface area contributed by atoms with Crippen LogP contribution in [0.5, 0.6) is 0 Å². The summed E-state index contributed by atoms with van der Waals surface area (Å²) in [4.78, 5) is 22.8. The maximum atomic E-state index is 12.4. The van der Waals surface area contributed by atoms with Crippen LogP contribution < -0.4 is 5.32 Å². The summed E-state index contributed by atoms with van der Waals surface area (Å²) in [7, 11) is 1.80. The fourth-order valence-electron chi connectivity index (χ4n) is 2.24. The number of hydrogen-bond donors (Lipinski definition) is 1. The first-order chi connectivity index (χ1) is 10.1. The van der Waals surface area contributed by atoms with Crippen molar-refractivity contribution < 1.29 is 4.79 Å². The van der Waals surface area contributed by atoms with E-state index in [1.54, 1.807) is 40.8 Å². The number of hydrogen-bond acceptors (Lipinski definition) is 5. The van der Waals surface area contributed by atoms with Crippen molar-refractivity contribution in [3.05, 3.63) is 32.7 Å². The monoisotopic (exact) mass is 322 g/mol. The van der Waals surface area contributed by atoms with Crippen LogP contribution in [0.4, 0.5) is 4.79 Å². The van der Waals surface area contributed by atoms with Crippen molar-refractivity contribution >= 4 is 28.7 Å². The zero-order valence-electron chi connectivity index (χ0n) is 12.1. The molecule has 1 saturated carbocycles. The lowest BCUT2D eigenvalue weighted by Gasteiger charge is -2.21. The molecule has 3 rings (SSSR count). The van der Waals surface area contributed by atoms with Gasteiger partial charge in [0.25, 0.3) is 0 Å². The predicted octanol–water partition coefficient (Wildman–Crippen LogP) is 3.20. The minimum absolute atomic E-state index is 0.0529. The van der Waals surface area contributed by atoms with E-state index in [-0.39, 0.29) is 12.1 Å². The van der Waals surface area contributed by atoms with Gasteiger partial charge in [0, 0.05) is 24.0 Å². The first-order valence-electron chi connectivity index (χ1n) is 6.95. The van der Waals surface area contributed by atoms with E-state index in [9.17, 15) is 4.79 Å². The number of urea groups is 1. The smallest absolute Gasteiger partial charge is 0.318 e. The maximum Gasteiger partial charge on any atom is 0.318 e. The Kier molecular flexibility index (Phi) is 4.21. The van der Waals surface area contributed by atoms with Crippen LogP contribution in [0.25, 0.3) is 0 Å². The first kappa shape index (κ1) is 14.5. The molecule has 1 aliphatic carbocycles. The molecule has 1 N–H and O–H groups in total. The molecule has 0 unspecified atom stereocenters. The second-order valence-corrected chi connectivity index (χ2v) is 7.34. The maximum absolute atomic E-state index is 12.4. The van der Waals surface area contributed by atoms with Crippen LogP contribution in [0.1, 0.15) is 34.6 Å². The molecule has 2 aromatic rings. The molecule has 0 aliphatic heterocycles. The number of thiazole rings is 2. The molecule has 112 valence electrons. The van der Waals surface area contributed by atoms with Crippen LogP contribution in [-0.2, 0) is 6.54 Å². The van der Waals surface area contributed by atoms with Crippen LogP contribution in [0.2, 0.25) is 0 Å². The Hall–Kier alpha value is -1.47. The van der Waals surface area contributed by atoms with Gasteiger partial charge < -0.3 is 10.2 Å². The molecule has 0 bridgehead atoms. The van der Waals surface area contributed by atoms with E-state index < -0.39 is 0 Å². The largest absolute Gasteiger partial charge is 0.328 e. The molecule has 0 radical (unpaired) electrons. The fraction of sp³-hybridized carbons (Fsp3) is 0.500. The van der Waals surface area contributed by atoms with Gasteiger partial charge in [0.2, 0.25) is 0 Å². The van der Waals surface area contributed by atoms with Crippen molar-refractivity contribution in [2.75, 3.05) is 7.05 Å². The lowest BCUT2D eigenvalue weighted by atomic mass is 10.2. The number of amides is 2. The van der Waals surface area contributed by atoms with Crippen LogP contribution in [-0.4, -0.2) is 27.9 Å². The lowest BCUT2D eigenvalue weighted by molar-refractivity contribution is 0.200. The van der Waals surface area contributed by atoms with Gasteiger partial charge in [0.15, 0.2) is 0 Å². The summed E-state index contributed by atoms with van der Waals surface area (Å²) in [6, 6.07) is -0.00938. The van der Waals surface area contributed by atoms with Gasteiger partial charge in [0.05, 0.1) is 23.3 Å². The summed E-state index contributed by atoms with van der Waals surface area (Å²) < 4.78 is 0. The highest BCUT2D eigenvalue weighted by Crippen LogP contribution is 2.41. The van der Waals surface area contributed by atoms with E-state index in [1.165, 1.54) is 12.8 Å². The van der Waals surface area contributed by atoms with Crippen molar-refractivity contribution in [3.63, 3.8) is 0 Å². The molecule has 1 aliphatic rings. The van der Waals surface area contributed by atoms with Gasteiger partial charge in [-0.1, -0.05) is 0 Å². The second kappa shape index (κ2) is 6.11. The second-order valence-electron chi connectivity index (χ2n) is 5.35. The van der Waals surface area contributed by atoms with Crippen molar-refractivity contribution in [1.82, 2.24) is 20.2 Å². The van der Waals surface area contributed by atoms with Crippen LogP contribution in [0.3, 0.4) is 0 Å². The molecular formula is C14H18N4OS2. The Balaban J connectivity index is 1.61. The molecule has 21 heavy (non-hydrogen) atoms. The summed E-state index contributed by atoms with van der Waals surface area (Å²) in [6.07, 6.45) is 4.13. The number of carbonyl (C=O) groups excluding carboxylic acids is 1. The molecule has 2 aromatic heterocycles. The zero-order chi connectivity index (χ0) is 14.8.